The second-order valence-corrected chi connectivity index (χ2v) is 9.43. The number of nitrogens with zero attached hydrogens (tertiary/aromatic N) is 2. The van der Waals surface area contributed by atoms with E-state index in [-0.39, 0.29) is 24.0 Å². The molecule has 0 saturated carbocycles. The molecule has 3 N–H and O–H groups in total. The average molecular weight is 491 g/mol. The Morgan fingerprint density at radius 3 is 2.54 bits per heavy atom. The third-order valence-corrected chi connectivity index (χ3v) is 7.09. The Bertz CT molecular complexity index is 1340. The number of carbonyl (C=O) groups excluding carboxylic acids is 1. The van der Waals surface area contributed by atoms with Gasteiger partial charge in [-0.25, -0.2) is 4.79 Å². The van der Waals surface area contributed by atoms with Crippen LogP contribution in [-0.2, 0) is 6.54 Å². The lowest BCUT2D eigenvalue weighted by Crippen LogP contribution is -2.42. The number of hydrogen-bond donors (Lipinski definition) is 2. The van der Waals surface area contributed by atoms with E-state index >= 15 is 0 Å². The van der Waals surface area contributed by atoms with Gasteiger partial charge in [-0.05, 0) is 56.1 Å². The number of aromatic amines is 1. The SMILES string of the molecule is CSc1ccccc1C(=O)N(CCC1=CCCCC1)c1c(N)n(Cc2ccccc2)c(=O)[nH]c1=O. The molecule has 0 atom stereocenters. The normalized spacial score (nSPS) is 13.3. The Morgan fingerprint density at radius 2 is 1.83 bits per heavy atom. The van der Waals surface area contributed by atoms with Gasteiger partial charge in [0, 0.05) is 11.4 Å². The molecule has 0 bridgehead atoms. The molecule has 0 radical (unpaired) electrons. The van der Waals surface area contributed by atoms with Crippen LogP contribution in [0.25, 0.3) is 0 Å². The molecule has 2 aromatic carbocycles. The predicted molar refractivity (Wildman–Crippen MR) is 142 cm³/mol. The minimum Gasteiger partial charge on any atom is -0.383 e. The fourth-order valence-corrected chi connectivity index (χ4v) is 5.02. The van der Waals surface area contributed by atoms with Gasteiger partial charge in [0.15, 0.2) is 5.69 Å². The first-order valence-corrected chi connectivity index (χ1v) is 13.0. The van der Waals surface area contributed by atoms with Gasteiger partial charge in [0.2, 0.25) is 0 Å². The fraction of sp³-hybridized carbons (Fsp3) is 0.296. The Balaban J connectivity index is 1.79. The first-order valence-electron chi connectivity index (χ1n) is 11.8. The van der Waals surface area contributed by atoms with Gasteiger partial charge in [-0.15, -0.1) is 11.8 Å². The van der Waals surface area contributed by atoms with Crippen LogP contribution in [0.1, 0.15) is 48.0 Å². The van der Waals surface area contributed by atoms with Crippen LogP contribution in [-0.4, -0.2) is 28.3 Å². The lowest BCUT2D eigenvalue weighted by molar-refractivity contribution is 0.0984. The number of H-pyrrole nitrogens is 1. The maximum atomic E-state index is 13.9. The summed E-state index contributed by atoms with van der Waals surface area (Å²) in [6.45, 7) is 0.480. The highest BCUT2D eigenvalue weighted by Gasteiger charge is 2.27. The molecule has 35 heavy (non-hydrogen) atoms. The first-order chi connectivity index (χ1) is 17.0. The predicted octanol–water partition coefficient (Wildman–Crippen LogP) is 4.43. The third-order valence-electron chi connectivity index (χ3n) is 6.29. The molecule has 1 heterocycles. The zero-order chi connectivity index (χ0) is 24.8. The molecule has 0 unspecified atom stereocenters. The first kappa shape index (κ1) is 24.6. The van der Waals surface area contributed by atoms with E-state index in [0.29, 0.717) is 18.5 Å². The number of allylic oxidation sites excluding steroid dienone is 1. The van der Waals surface area contributed by atoms with Gasteiger partial charge in [0.1, 0.15) is 5.82 Å². The van der Waals surface area contributed by atoms with Crippen LogP contribution >= 0.6 is 11.8 Å². The summed E-state index contributed by atoms with van der Waals surface area (Å²) in [5, 5.41) is 0. The molecular weight excluding hydrogens is 460 g/mol. The largest absolute Gasteiger partial charge is 0.383 e. The molecule has 0 spiro atoms. The zero-order valence-corrected chi connectivity index (χ0v) is 20.6. The number of rotatable bonds is 8. The number of nitrogens with two attached hydrogens (primary N) is 1. The van der Waals surface area contributed by atoms with Crippen molar-refractivity contribution >= 4 is 29.2 Å². The highest BCUT2D eigenvalue weighted by molar-refractivity contribution is 7.98. The van der Waals surface area contributed by atoms with E-state index in [9.17, 15) is 14.4 Å². The minimum absolute atomic E-state index is 0.0119. The van der Waals surface area contributed by atoms with Crippen molar-refractivity contribution in [1.82, 2.24) is 9.55 Å². The molecule has 1 amide bonds. The summed E-state index contributed by atoms with van der Waals surface area (Å²) in [6.07, 6.45) is 9.09. The van der Waals surface area contributed by atoms with Crippen molar-refractivity contribution in [1.29, 1.82) is 0 Å². The van der Waals surface area contributed by atoms with Crippen molar-refractivity contribution in [3.05, 3.63) is 98.2 Å². The second-order valence-electron chi connectivity index (χ2n) is 8.58. The topological polar surface area (TPSA) is 101 Å². The third kappa shape index (κ3) is 5.59. The Kier molecular flexibility index (Phi) is 7.92. The summed E-state index contributed by atoms with van der Waals surface area (Å²) in [5.74, 6) is -0.330. The van der Waals surface area contributed by atoms with E-state index in [0.717, 1.165) is 29.7 Å². The number of nitrogen functional groups attached to an aromatic ring is 1. The van der Waals surface area contributed by atoms with E-state index in [1.54, 1.807) is 12.1 Å². The highest BCUT2D eigenvalue weighted by Crippen LogP contribution is 2.27. The molecule has 3 aromatic rings. The molecule has 182 valence electrons. The number of anilines is 2. The summed E-state index contributed by atoms with van der Waals surface area (Å²) >= 11 is 1.47. The van der Waals surface area contributed by atoms with E-state index in [2.05, 4.69) is 11.1 Å². The molecule has 0 aliphatic heterocycles. The van der Waals surface area contributed by atoms with Crippen LogP contribution < -0.4 is 21.9 Å². The number of amides is 1. The fourth-order valence-electron chi connectivity index (χ4n) is 4.43. The van der Waals surface area contributed by atoms with E-state index in [1.165, 1.54) is 33.2 Å². The quantitative estimate of drug-likeness (QED) is 0.359. The van der Waals surface area contributed by atoms with Crippen LogP contribution in [0.15, 0.2) is 80.7 Å². The van der Waals surface area contributed by atoms with Gasteiger partial charge < -0.3 is 10.6 Å². The van der Waals surface area contributed by atoms with Crippen molar-refractivity contribution in [2.24, 2.45) is 0 Å². The standard InChI is InChI=1S/C27H30N4O3S/c1-35-22-15-9-8-14-21(22)26(33)30(17-16-19-10-4-2-5-11-19)23-24(28)31(27(34)29-25(23)32)18-20-12-6-3-7-13-20/h3,6-10,12-15H,2,4-5,11,16-18,28H2,1H3,(H,29,32,34). The molecule has 1 aliphatic carbocycles. The minimum atomic E-state index is -0.663. The van der Waals surface area contributed by atoms with Crippen LogP contribution in [0.4, 0.5) is 11.5 Å². The molecule has 4 rings (SSSR count). The maximum absolute atomic E-state index is 13.9. The number of hydrogen-bond acceptors (Lipinski definition) is 5. The molecule has 0 fully saturated rings. The number of thioether (sulfide) groups is 1. The van der Waals surface area contributed by atoms with Crippen LogP contribution in [0.2, 0.25) is 0 Å². The monoisotopic (exact) mass is 490 g/mol. The maximum Gasteiger partial charge on any atom is 0.330 e. The number of nitrogens with one attached hydrogen (secondary N) is 1. The van der Waals surface area contributed by atoms with Gasteiger partial charge in [0.05, 0.1) is 12.1 Å². The molecular formula is C27H30N4O3S. The lowest BCUT2D eigenvalue weighted by Gasteiger charge is -2.26. The molecule has 1 aliphatic rings. The van der Waals surface area contributed by atoms with Gasteiger partial charge >= 0.3 is 5.69 Å². The highest BCUT2D eigenvalue weighted by atomic mass is 32.2. The van der Waals surface area contributed by atoms with Gasteiger partial charge in [0.25, 0.3) is 11.5 Å². The van der Waals surface area contributed by atoms with E-state index in [1.807, 2.05) is 48.7 Å². The van der Waals surface area contributed by atoms with Crippen molar-refractivity contribution < 1.29 is 4.79 Å². The summed E-state index contributed by atoms with van der Waals surface area (Å²) in [7, 11) is 0. The zero-order valence-electron chi connectivity index (χ0n) is 19.8. The van der Waals surface area contributed by atoms with Gasteiger partial charge in [-0.3, -0.25) is 19.1 Å². The summed E-state index contributed by atoms with van der Waals surface area (Å²) in [4.78, 5) is 44.3. The molecule has 1 aromatic heterocycles. The van der Waals surface area contributed by atoms with Crippen molar-refractivity contribution in [3.8, 4) is 0 Å². The van der Waals surface area contributed by atoms with E-state index in [4.69, 9.17) is 5.73 Å². The Hall–Kier alpha value is -3.52. The number of aromatic nitrogens is 2. The van der Waals surface area contributed by atoms with Crippen molar-refractivity contribution in [2.45, 2.75) is 43.5 Å². The molecule has 7 nitrogen and oxygen atoms in total. The number of carbonyl (C=O) groups is 1. The summed E-state index contributed by atoms with van der Waals surface area (Å²) in [5.41, 5.74) is 7.84. The Labute approximate surface area is 208 Å². The van der Waals surface area contributed by atoms with Crippen LogP contribution in [0.5, 0.6) is 0 Å². The van der Waals surface area contributed by atoms with Crippen molar-refractivity contribution in [2.75, 3.05) is 23.4 Å². The van der Waals surface area contributed by atoms with Gasteiger partial charge in [-0.2, -0.15) is 0 Å². The Morgan fingerprint density at radius 1 is 1.09 bits per heavy atom. The number of benzene rings is 2. The van der Waals surface area contributed by atoms with Crippen LogP contribution in [0, 0.1) is 0 Å². The average Bonchev–Trinajstić information content (AvgIpc) is 2.89. The molecule has 8 heteroatoms. The van der Waals surface area contributed by atoms with E-state index < -0.39 is 11.2 Å². The summed E-state index contributed by atoms with van der Waals surface area (Å²) < 4.78 is 1.31. The second kappa shape index (κ2) is 11.3. The lowest BCUT2D eigenvalue weighted by atomic mass is 9.97. The molecule has 0 saturated heterocycles. The van der Waals surface area contributed by atoms with Crippen molar-refractivity contribution in [3.63, 3.8) is 0 Å². The summed E-state index contributed by atoms with van der Waals surface area (Å²) in [6, 6.07) is 16.7. The van der Waals surface area contributed by atoms with Gasteiger partial charge in [-0.1, -0.05) is 54.1 Å². The van der Waals surface area contributed by atoms with Crippen LogP contribution in [0.3, 0.4) is 0 Å². The smallest absolute Gasteiger partial charge is 0.330 e.